The van der Waals surface area contributed by atoms with Crippen LogP contribution in [0.15, 0.2) is 24.3 Å². The third kappa shape index (κ3) is 2.16. The molecule has 1 aromatic rings. The van der Waals surface area contributed by atoms with Crippen molar-refractivity contribution in [3.8, 4) is 0 Å². The second kappa shape index (κ2) is 4.86. The molecular weight excluding hydrogens is 265 g/mol. The zero-order valence-electron chi connectivity index (χ0n) is 10.6. The molecule has 0 unspecified atom stereocenters. The Bertz CT molecular complexity index is 562. The Morgan fingerprint density at radius 2 is 1.95 bits per heavy atom. The van der Waals surface area contributed by atoms with Crippen LogP contribution in [0.2, 0.25) is 0 Å². The van der Waals surface area contributed by atoms with Crippen molar-refractivity contribution in [1.29, 1.82) is 0 Å². The maximum Gasteiger partial charge on any atom is 0.310 e. The number of hydrogen-bond acceptors (Lipinski definition) is 3. The number of fused-ring (bicyclic) bond motifs is 2. The molecule has 1 amide bonds. The molecule has 2 saturated heterocycles. The number of carboxylic acid groups (broad SMARTS) is 1. The van der Waals surface area contributed by atoms with Crippen LogP contribution in [0.1, 0.15) is 12.8 Å². The van der Waals surface area contributed by atoms with E-state index in [1.54, 1.807) is 6.07 Å². The maximum atomic E-state index is 13.1. The lowest BCUT2D eigenvalue weighted by atomic mass is 9.78. The summed E-state index contributed by atoms with van der Waals surface area (Å²) in [5, 5.41) is 11.8. The number of aliphatic carboxylic acids is 1. The molecule has 2 aliphatic heterocycles. The predicted octanol–water partition coefficient (Wildman–Crippen LogP) is 1.64. The van der Waals surface area contributed by atoms with Gasteiger partial charge in [-0.2, -0.15) is 0 Å². The summed E-state index contributed by atoms with van der Waals surface area (Å²) < 4.78 is 18.6. The Labute approximate surface area is 114 Å². The van der Waals surface area contributed by atoms with Gasteiger partial charge in [0.2, 0.25) is 5.91 Å². The monoisotopic (exact) mass is 279 g/mol. The second-order valence-corrected chi connectivity index (χ2v) is 5.18. The third-order valence-electron chi connectivity index (χ3n) is 3.95. The molecule has 1 aromatic carbocycles. The molecule has 2 aliphatic rings. The standard InChI is InChI=1S/C14H14FNO4/c15-7-2-1-3-8(6-7)16-13(17)11-9-4-5-10(20-9)12(11)14(18)19/h1-3,6,9-12H,4-5H2,(H,16,17)(H,18,19)/t9-,10-,11-,12-/m0/s1. The summed E-state index contributed by atoms with van der Waals surface area (Å²) in [4.78, 5) is 23.5. The number of halogens is 1. The number of carbonyl (C=O) groups is 2. The first-order valence-corrected chi connectivity index (χ1v) is 6.51. The van der Waals surface area contributed by atoms with Crippen LogP contribution in [0.4, 0.5) is 10.1 Å². The molecule has 2 heterocycles. The average molecular weight is 279 g/mol. The fourth-order valence-electron chi connectivity index (χ4n) is 3.12. The van der Waals surface area contributed by atoms with Crippen LogP contribution in [-0.2, 0) is 14.3 Å². The van der Waals surface area contributed by atoms with E-state index in [1.807, 2.05) is 0 Å². The van der Waals surface area contributed by atoms with E-state index in [1.165, 1.54) is 18.2 Å². The maximum absolute atomic E-state index is 13.1. The first-order valence-electron chi connectivity index (χ1n) is 6.51. The summed E-state index contributed by atoms with van der Waals surface area (Å²) >= 11 is 0. The zero-order chi connectivity index (χ0) is 14.3. The van der Waals surface area contributed by atoms with Gasteiger partial charge < -0.3 is 15.2 Å². The molecule has 0 radical (unpaired) electrons. The van der Waals surface area contributed by atoms with Gasteiger partial charge in [0.15, 0.2) is 0 Å². The van der Waals surface area contributed by atoms with Crippen molar-refractivity contribution in [2.45, 2.75) is 25.0 Å². The van der Waals surface area contributed by atoms with E-state index in [2.05, 4.69) is 5.32 Å². The van der Waals surface area contributed by atoms with E-state index in [4.69, 9.17) is 4.74 Å². The lowest BCUT2D eigenvalue weighted by Gasteiger charge is -2.23. The number of anilines is 1. The first-order chi connectivity index (χ1) is 9.56. The van der Waals surface area contributed by atoms with Crippen molar-refractivity contribution in [3.05, 3.63) is 30.1 Å². The number of benzene rings is 1. The molecule has 6 heteroatoms. The van der Waals surface area contributed by atoms with E-state index in [9.17, 15) is 19.1 Å². The lowest BCUT2D eigenvalue weighted by molar-refractivity contribution is -0.147. The highest BCUT2D eigenvalue weighted by molar-refractivity contribution is 5.96. The number of ether oxygens (including phenoxy) is 1. The van der Waals surface area contributed by atoms with Crippen molar-refractivity contribution in [1.82, 2.24) is 0 Å². The molecule has 5 nitrogen and oxygen atoms in total. The SMILES string of the molecule is O=C(O)[C@@H]1[C@@H](C(=O)Nc2cccc(F)c2)[C@@H]2CC[C@@H]1O2. The quantitative estimate of drug-likeness (QED) is 0.882. The number of carboxylic acids is 1. The Kier molecular flexibility index (Phi) is 3.17. The minimum Gasteiger partial charge on any atom is -0.481 e. The molecular formula is C14H14FNO4. The molecule has 2 N–H and O–H groups in total. The van der Waals surface area contributed by atoms with Crippen LogP contribution in [0.5, 0.6) is 0 Å². The summed E-state index contributed by atoms with van der Waals surface area (Å²) in [7, 11) is 0. The van der Waals surface area contributed by atoms with Crippen LogP contribution in [0.25, 0.3) is 0 Å². The predicted molar refractivity (Wildman–Crippen MR) is 67.5 cm³/mol. The van der Waals surface area contributed by atoms with E-state index in [0.717, 1.165) is 0 Å². The van der Waals surface area contributed by atoms with Crippen LogP contribution in [0, 0.1) is 17.7 Å². The number of nitrogens with one attached hydrogen (secondary N) is 1. The fourth-order valence-corrected chi connectivity index (χ4v) is 3.12. The van der Waals surface area contributed by atoms with Crippen LogP contribution < -0.4 is 5.32 Å². The van der Waals surface area contributed by atoms with Gasteiger partial charge in [-0.15, -0.1) is 0 Å². The van der Waals surface area contributed by atoms with Gasteiger partial charge in [0.05, 0.1) is 24.0 Å². The fraction of sp³-hybridized carbons (Fsp3) is 0.429. The van der Waals surface area contributed by atoms with E-state index in [0.29, 0.717) is 18.5 Å². The molecule has 0 aliphatic carbocycles. The normalized spacial score (nSPS) is 31.2. The van der Waals surface area contributed by atoms with Gasteiger partial charge in [-0.25, -0.2) is 4.39 Å². The Morgan fingerprint density at radius 1 is 1.25 bits per heavy atom. The van der Waals surface area contributed by atoms with Gasteiger partial charge >= 0.3 is 5.97 Å². The number of rotatable bonds is 3. The Morgan fingerprint density at radius 3 is 2.60 bits per heavy atom. The first kappa shape index (κ1) is 13.1. The minimum absolute atomic E-state index is 0.321. The number of amides is 1. The van der Waals surface area contributed by atoms with Gasteiger partial charge in [-0.05, 0) is 31.0 Å². The van der Waals surface area contributed by atoms with Crippen LogP contribution >= 0.6 is 0 Å². The van der Waals surface area contributed by atoms with E-state index in [-0.39, 0.29) is 12.2 Å². The molecule has 4 atom stereocenters. The molecule has 2 bridgehead atoms. The van der Waals surface area contributed by atoms with Crippen molar-refractivity contribution >= 4 is 17.6 Å². The lowest BCUT2D eigenvalue weighted by Crippen LogP contribution is -2.40. The molecule has 0 saturated carbocycles. The smallest absolute Gasteiger partial charge is 0.310 e. The molecule has 20 heavy (non-hydrogen) atoms. The molecule has 106 valence electrons. The van der Waals surface area contributed by atoms with Crippen LogP contribution in [0.3, 0.4) is 0 Å². The molecule has 3 rings (SSSR count). The van der Waals surface area contributed by atoms with Crippen molar-refractivity contribution < 1.29 is 23.8 Å². The van der Waals surface area contributed by atoms with E-state index >= 15 is 0 Å². The van der Waals surface area contributed by atoms with Gasteiger partial charge in [0.1, 0.15) is 5.82 Å². The zero-order valence-corrected chi connectivity index (χ0v) is 10.6. The van der Waals surface area contributed by atoms with Crippen LogP contribution in [-0.4, -0.2) is 29.2 Å². The Hall–Kier alpha value is -1.95. The highest BCUT2D eigenvalue weighted by atomic mass is 19.1. The molecule has 2 fully saturated rings. The van der Waals surface area contributed by atoms with Gasteiger partial charge in [0.25, 0.3) is 0 Å². The summed E-state index contributed by atoms with van der Waals surface area (Å²) in [6.07, 6.45) is 0.622. The van der Waals surface area contributed by atoms with Gasteiger partial charge in [-0.3, -0.25) is 9.59 Å². The topological polar surface area (TPSA) is 75.6 Å². The summed E-state index contributed by atoms with van der Waals surface area (Å²) in [5.41, 5.74) is 0.321. The van der Waals surface area contributed by atoms with E-state index < -0.39 is 29.5 Å². The highest BCUT2D eigenvalue weighted by Crippen LogP contribution is 2.44. The van der Waals surface area contributed by atoms with Gasteiger partial charge in [-0.1, -0.05) is 6.07 Å². The third-order valence-corrected chi connectivity index (χ3v) is 3.95. The summed E-state index contributed by atoms with van der Waals surface area (Å²) in [5.74, 6) is -3.43. The average Bonchev–Trinajstić information content (AvgIpc) is 2.98. The minimum atomic E-state index is -1.02. The number of hydrogen-bond donors (Lipinski definition) is 2. The Balaban J connectivity index is 1.78. The summed E-state index contributed by atoms with van der Waals surface area (Å²) in [6.45, 7) is 0. The molecule has 0 spiro atoms. The van der Waals surface area contributed by atoms with Crippen molar-refractivity contribution in [3.63, 3.8) is 0 Å². The molecule has 0 aromatic heterocycles. The van der Waals surface area contributed by atoms with Crippen molar-refractivity contribution in [2.75, 3.05) is 5.32 Å². The number of carbonyl (C=O) groups excluding carboxylic acids is 1. The highest BCUT2D eigenvalue weighted by Gasteiger charge is 2.55. The van der Waals surface area contributed by atoms with Crippen molar-refractivity contribution in [2.24, 2.45) is 11.8 Å². The van der Waals surface area contributed by atoms with Gasteiger partial charge in [0, 0.05) is 5.69 Å². The summed E-state index contributed by atoms with van der Waals surface area (Å²) in [6, 6.07) is 5.51. The largest absolute Gasteiger partial charge is 0.481 e. The second-order valence-electron chi connectivity index (χ2n) is 5.18.